The number of anilines is 2. The molecule has 0 aliphatic carbocycles. The number of aliphatic hydroxyl groups excluding tert-OH is 1. The lowest BCUT2D eigenvalue weighted by molar-refractivity contribution is -0.137. The summed E-state index contributed by atoms with van der Waals surface area (Å²) < 4.78 is 58.0. The first-order valence-electron chi connectivity index (χ1n) is 12.3. The van der Waals surface area contributed by atoms with E-state index in [-0.39, 0.29) is 41.9 Å². The van der Waals surface area contributed by atoms with Crippen LogP contribution in [0.2, 0.25) is 0 Å². The predicted octanol–water partition coefficient (Wildman–Crippen LogP) is 2.11. The molecule has 0 radical (unpaired) electrons. The number of aromatic nitrogens is 5. The first-order valence-corrected chi connectivity index (χ1v) is 13.8. The maximum atomic E-state index is 15.8. The van der Waals surface area contributed by atoms with Crippen molar-refractivity contribution in [2.75, 3.05) is 18.1 Å². The largest absolute Gasteiger partial charge is 0.475 e. The molecule has 0 bridgehead atoms. The van der Waals surface area contributed by atoms with Crippen molar-refractivity contribution in [3.05, 3.63) is 29.3 Å². The monoisotopic (exact) mass is 581 g/mol. The first kappa shape index (κ1) is 28.3. The number of nitrogen functional groups attached to an aromatic ring is 2. The highest BCUT2D eigenvalue weighted by atomic mass is 31.2. The van der Waals surface area contributed by atoms with Crippen LogP contribution in [0.3, 0.4) is 0 Å². The summed E-state index contributed by atoms with van der Waals surface area (Å²) in [5.41, 5.74) is 10.8. The first-order chi connectivity index (χ1) is 18.8. The summed E-state index contributed by atoms with van der Waals surface area (Å²) in [6.07, 6.45) is -1.68. The highest BCUT2D eigenvalue weighted by molar-refractivity contribution is 7.48. The quantitative estimate of drug-likeness (QED) is 0.281. The molecular weight excluding hydrogens is 552 g/mol. The third-order valence-corrected chi connectivity index (χ3v) is 8.01. The van der Waals surface area contributed by atoms with Crippen molar-refractivity contribution in [3.8, 4) is 5.75 Å². The third-order valence-electron chi connectivity index (χ3n) is 6.66. The van der Waals surface area contributed by atoms with Crippen molar-refractivity contribution in [1.29, 1.82) is 0 Å². The Morgan fingerprint density at radius 2 is 2.02 bits per heavy atom. The van der Waals surface area contributed by atoms with Crippen LogP contribution >= 0.6 is 7.82 Å². The Morgan fingerprint density at radius 3 is 2.75 bits per heavy atom. The number of imidazole rings is 1. The second-order valence-corrected chi connectivity index (χ2v) is 11.6. The molecule has 3 aromatic heterocycles. The molecule has 1 unspecified atom stereocenters. The second kappa shape index (κ2) is 10.3. The van der Waals surface area contributed by atoms with Gasteiger partial charge in [0, 0.05) is 17.3 Å². The minimum atomic E-state index is -4.24. The molecule has 17 heteroatoms. The van der Waals surface area contributed by atoms with Gasteiger partial charge in [-0.05, 0) is 13.8 Å². The maximum absolute atomic E-state index is 15.8. The second-order valence-electron chi connectivity index (χ2n) is 9.96. The normalized spacial score (nSPS) is 28.5. The Labute approximate surface area is 227 Å². The van der Waals surface area contributed by atoms with Crippen molar-refractivity contribution < 1.29 is 41.9 Å². The van der Waals surface area contributed by atoms with Gasteiger partial charge >= 0.3 is 13.8 Å². The van der Waals surface area contributed by atoms with Gasteiger partial charge < -0.3 is 26.0 Å². The topological polar surface area (TPSA) is 209 Å². The van der Waals surface area contributed by atoms with E-state index < -0.39 is 50.4 Å². The fraction of sp³-hybridized carbons (Fsp3) is 0.522. The van der Waals surface area contributed by atoms with Crippen molar-refractivity contribution >= 4 is 36.7 Å². The van der Waals surface area contributed by atoms with Crippen molar-refractivity contribution in [2.24, 2.45) is 5.92 Å². The Balaban J connectivity index is 1.31. The molecule has 0 aromatic carbocycles. The summed E-state index contributed by atoms with van der Waals surface area (Å²) in [7, 11) is -4.24. The fourth-order valence-electron chi connectivity index (χ4n) is 4.36. The van der Waals surface area contributed by atoms with Gasteiger partial charge in [0.1, 0.15) is 17.7 Å². The number of fused-ring (bicyclic) bond motifs is 2. The van der Waals surface area contributed by atoms with E-state index in [1.54, 1.807) is 20.8 Å². The van der Waals surface area contributed by atoms with Crippen LogP contribution < -0.4 is 16.2 Å². The number of nitrogens with two attached hydrogens (primary N) is 2. The number of ether oxygens (including phenoxy) is 2. The van der Waals surface area contributed by atoms with E-state index in [1.165, 1.54) is 17.1 Å². The number of aliphatic hydroxyl groups is 1. The molecule has 0 saturated carbocycles. The molecule has 5 rings (SSSR count). The number of hydrogen-bond acceptors (Lipinski definition) is 14. The van der Waals surface area contributed by atoms with Crippen molar-refractivity contribution in [3.63, 3.8) is 0 Å². The highest BCUT2D eigenvalue weighted by Crippen LogP contribution is 2.54. The molecule has 216 valence electrons. The molecule has 5 heterocycles. The number of pyridine rings is 1. The third kappa shape index (κ3) is 5.02. The SMILES string of the molecule is Cc1ncc2c(c1OC(=O)C(C)C)COP(=O)(OC[C@H]1O[C@@H](n3cnc4c(N)nc(N)nc43)[C@@](C)(F)[C@H]1O)OC2. The van der Waals surface area contributed by atoms with E-state index in [9.17, 15) is 14.5 Å². The van der Waals surface area contributed by atoms with Crippen molar-refractivity contribution in [2.45, 2.75) is 65.0 Å². The average Bonchev–Trinajstić information content (AvgIpc) is 3.33. The Morgan fingerprint density at radius 1 is 1.30 bits per heavy atom. The Kier molecular flexibility index (Phi) is 7.27. The predicted molar refractivity (Wildman–Crippen MR) is 136 cm³/mol. The lowest BCUT2D eigenvalue weighted by atomic mass is 9.98. The zero-order valence-corrected chi connectivity index (χ0v) is 23.0. The number of phosphoric ester groups is 1. The summed E-state index contributed by atoms with van der Waals surface area (Å²) >= 11 is 0. The van der Waals surface area contributed by atoms with Gasteiger partial charge in [0.2, 0.25) is 5.95 Å². The van der Waals surface area contributed by atoms with Crippen LogP contribution in [-0.4, -0.2) is 60.1 Å². The molecule has 2 aliphatic rings. The van der Waals surface area contributed by atoms with Gasteiger partial charge in [-0.15, -0.1) is 0 Å². The van der Waals surface area contributed by atoms with E-state index in [4.69, 9.17) is 34.5 Å². The van der Waals surface area contributed by atoms with Crippen LogP contribution in [0.5, 0.6) is 5.75 Å². The number of rotatable bonds is 6. The van der Waals surface area contributed by atoms with Gasteiger partial charge in [-0.1, -0.05) is 13.8 Å². The number of esters is 1. The molecule has 5 N–H and O–H groups in total. The zero-order valence-electron chi connectivity index (χ0n) is 22.1. The number of hydrogen-bond donors (Lipinski definition) is 3. The minimum Gasteiger partial charge on any atom is -0.424 e. The standard InChI is InChI=1S/C23H29FN7O8P/c1-10(2)20(33)39-16-11(3)27-5-12-6-35-40(34,36-7-13(12)16)37-8-14-17(32)23(4,24)21(38-14)31-9-28-15-18(25)29-22(26)30-19(15)31/h5,9-10,14,17,21,32H,6-8H2,1-4H3,(H4,25,26,29,30)/t14-,17+,21-,23+,40?/m1/s1. The molecule has 1 fully saturated rings. The number of halogens is 1. The van der Waals surface area contributed by atoms with Gasteiger partial charge in [0.15, 0.2) is 29.1 Å². The highest BCUT2D eigenvalue weighted by Gasteiger charge is 2.56. The zero-order chi connectivity index (χ0) is 29.0. The van der Waals surface area contributed by atoms with E-state index in [0.717, 1.165) is 6.92 Å². The molecule has 1 saturated heterocycles. The number of carbonyl (C=O) groups excluding carboxylic acids is 1. The van der Waals surface area contributed by atoms with Crippen LogP contribution in [0.1, 0.15) is 43.8 Å². The number of carbonyl (C=O) groups is 1. The summed E-state index contributed by atoms with van der Waals surface area (Å²) in [5, 5.41) is 10.7. The van der Waals surface area contributed by atoms with Crippen molar-refractivity contribution in [1.82, 2.24) is 24.5 Å². The average molecular weight is 581 g/mol. The van der Waals surface area contributed by atoms with E-state index in [0.29, 0.717) is 16.8 Å². The molecule has 0 amide bonds. The molecular formula is C23H29FN7O8P. The summed E-state index contributed by atoms with van der Waals surface area (Å²) in [5.74, 6) is -0.828. The van der Waals surface area contributed by atoms with Gasteiger partial charge in [-0.2, -0.15) is 9.97 Å². The molecule has 2 aliphatic heterocycles. The van der Waals surface area contributed by atoms with Crippen LogP contribution in [0.25, 0.3) is 11.2 Å². The lowest BCUT2D eigenvalue weighted by Crippen LogP contribution is -2.40. The van der Waals surface area contributed by atoms with Gasteiger partial charge in [-0.25, -0.2) is 13.9 Å². The summed E-state index contributed by atoms with van der Waals surface area (Å²) in [4.78, 5) is 28.4. The molecule has 3 aromatic rings. The van der Waals surface area contributed by atoms with Crippen LogP contribution in [-0.2, 0) is 40.9 Å². The van der Waals surface area contributed by atoms with Gasteiger partial charge in [0.25, 0.3) is 0 Å². The lowest BCUT2D eigenvalue weighted by Gasteiger charge is -2.24. The Hall–Kier alpha value is -3.27. The molecule has 5 atom stereocenters. The van der Waals surface area contributed by atoms with Gasteiger partial charge in [0.05, 0.1) is 37.8 Å². The number of phosphoric acid groups is 1. The van der Waals surface area contributed by atoms with Crippen LogP contribution in [0.4, 0.5) is 16.2 Å². The number of nitrogens with zero attached hydrogens (tertiary/aromatic N) is 5. The number of aryl methyl sites for hydroxylation is 1. The van der Waals surface area contributed by atoms with Crippen LogP contribution in [0.15, 0.2) is 12.5 Å². The fourth-order valence-corrected chi connectivity index (χ4v) is 5.50. The van der Waals surface area contributed by atoms with E-state index >= 15 is 4.39 Å². The van der Waals surface area contributed by atoms with E-state index in [1.807, 2.05) is 0 Å². The maximum Gasteiger partial charge on any atom is 0.475 e. The van der Waals surface area contributed by atoms with Crippen LogP contribution in [0, 0.1) is 12.8 Å². The number of alkyl halides is 1. The Bertz CT molecular complexity index is 1520. The molecule has 0 spiro atoms. The smallest absolute Gasteiger partial charge is 0.424 e. The summed E-state index contributed by atoms with van der Waals surface area (Å²) in [6, 6.07) is 0. The van der Waals surface area contributed by atoms with E-state index in [2.05, 4.69) is 19.9 Å². The van der Waals surface area contributed by atoms with Gasteiger partial charge in [-0.3, -0.25) is 27.9 Å². The molecule has 15 nitrogen and oxygen atoms in total. The minimum absolute atomic E-state index is 0.00508. The summed E-state index contributed by atoms with van der Waals surface area (Å²) in [6.45, 7) is 5.11. The molecule has 40 heavy (non-hydrogen) atoms.